The van der Waals surface area contributed by atoms with Crippen LogP contribution >= 0.6 is 0 Å². The summed E-state index contributed by atoms with van der Waals surface area (Å²) in [5.74, 6) is 0.858. The predicted molar refractivity (Wildman–Crippen MR) is 158 cm³/mol. The Kier molecular flexibility index (Phi) is 11.6. The van der Waals surface area contributed by atoms with Crippen LogP contribution in [0.15, 0.2) is 42.5 Å². The van der Waals surface area contributed by atoms with Gasteiger partial charge in [0.05, 0.1) is 0 Å². The number of urea groups is 1. The zero-order valence-corrected chi connectivity index (χ0v) is 24.3. The predicted octanol–water partition coefficient (Wildman–Crippen LogP) is 6.59. The highest BCUT2D eigenvalue weighted by molar-refractivity contribution is 6.07. The molecule has 2 aromatic rings. The highest BCUT2D eigenvalue weighted by atomic mass is 16.2. The first-order valence-electron chi connectivity index (χ1n) is 15.0. The van der Waals surface area contributed by atoms with E-state index in [0.717, 1.165) is 55.1 Å². The minimum Gasteiger partial charge on any atom is -0.323 e. The zero-order chi connectivity index (χ0) is 27.5. The molecule has 3 unspecified atom stereocenters. The summed E-state index contributed by atoms with van der Waals surface area (Å²) in [4.78, 5) is 28.7. The molecule has 0 aromatic heterocycles. The average molecular weight is 523 g/mol. The minimum absolute atomic E-state index is 0.177. The average Bonchev–Trinajstić information content (AvgIpc) is 3.14. The number of nitrogens with one attached hydrogen (secondary N) is 3. The van der Waals surface area contributed by atoms with E-state index in [1.165, 1.54) is 30.6 Å². The maximum absolute atomic E-state index is 14.0. The monoisotopic (exact) mass is 522 g/mol. The number of benzene rings is 2. The molecule has 210 valence electrons. The largest absolute Gasteiger partial charge is 0.327 e. The van der Waals surface area contributed by atoms with Crippen LogP contribution in [-0.4, -0.2) is 41.8 Å². The number of carbonyl (C=O) groups is 2. The summed E-state index contributed by atoms with van der Waals surface area (Å²) in [5, 5.41) is 12.5. The van der Waals surface area contributed by atoms with Crippen LogP contribution in [-0.2, 0) is 11.2 Å². The van der Waals surface area contributed by atoms with Gasteiger partial charge in [0.2, 0.25) is 0 Å². The first-order valence-corrected chi connectivity index (χ1v) is 15.0. The van der Waals surface area contributed by atoms with Crippen molar-refractivity contribution < 1.29 is 9.59 Å². The van der Waals surface area contributed by atoms with E-state index in [2.05, 4.69) is 67.9 Å². The third-order valence-corrected chi connectivity index (χ3v) is 8.26. The van der Waals surface area contributed by atoms with Crippen LogP contribution in [0.4, 0.5) is 4.79 Å². The molecule has 0 radical (unpaired) electrons. The second-order valence-corrected chi connectivity index (χ2v) is 11.3. The van der Waals surface area contributed by atoms with Crippen molar-refractivity contribution >= 4 is 22.7 Å². The lowest BCUT2D eigenvalue weighted by Crippen LogP contribution is -2.59. The van der Waals surface area contributed by atoms with Crippen LogP contribution in [0.1, 0.15) is 91.5 Å². The Morgan fingerprint density at radius 2 is 1.42 bits per heavy atom. The number of hydrogen-bond acceptors (Lipinski definition) is 4. The summed E-state index contributed by atoms with van der Waals surface area (Å²) >= 11 is 0. The fourth-order valence-corrected chi connectivity index (χ4v) is 5.59. The van der Waals surface area contributed by atoms with Gasteiger partial charge in [0.1, 0.15) is 11.8 Å². The molecule has 0 spiro atoms. The van der Waals surface area contributed by atoms with E-state index in [1.807, 2.05) is 25.1 Å². The molecule has 3 atom stereocenters. The van der Waals surface area contributed by atoms with E-state index >= 15 is 0 Å². The number of hydrogen-bond donors (Lipinski definition) is 3. The molecule has 0 bridgehead atoms. The van der Waals surface area contributed by atoms with Gasteiger partial charge in [-0.1, -0.05) is 109 Å². The second-order valence-electron chi connectivity index (χ2n) is 11.3. The van der Waals surface area contributed by atoms with Crippen molar-refractivity contribution in [3.63, 3.8) is 0 Å². The number of imide groups is 1. The van der Waals surface area contributed by atoms with Gasteiger partial charge in [-0.15, -0.1) is 0 Å². The Hall–Kier alpha value is -2.44. The normalized spacial score (nSPS) is 20.1. The van der Waals surface area contributed by atoms with E-state index < -0.39 is 11.8 Å². The minimum atomic E-state index is -0.998. The third kappa shape index (κ3) is 7.57. The van der Waals surface area contributed by atoms with Crippen molar-refractivity contribution in [2.75, 3.05) is 13.1 Å². The number of rotatable bonds is 17. The molecule has 1 saturated heterocycles. The van der Waals surface area contributed by atoms with Gasteiger partial charge in [-0.25, -0.2) is 9.69 Å². The molecule has 1 aliphatic rings. The Bertz CT molecular complexity index is 1020. The maximum Gasteiger partial charge on any atom is 0.327 e. The van der Waals surface area contributed by atoms with Gasteiger partial charge in [0, 0.05) is 19.5 Å². The topological polar surface area (TPSA) is 73.5 Å². The molecule has 3 N–H and O–H groups in total. The van der Waals surface area contributed by atoms with E-state index in [1.54, 1.807) is 0 Å². The second kappa shape index (κ2) is 14.6. The summed E-state index contributed by atoms with van der Waals surface area (Å²) in [6.45, 7) is 12.3. The summed E-state index contributed by atoms with van der Waals surface area (Å²) < 4.78 is 0. The Morgan fingerprint density at radius 1 is 0.842 bits per heavy atom. The summed E-state index contributed by atoms with van der Waals surface area (Å²) in [6, 6.07) is 14.0. The molecule has 0 aliphatic carbocycles. The molecule has 3 rings (SSSR count). The fourth-order valence-electron chi connectivity index (χ4n) is 5.59. The van der Waals surface area contributed by atoms with Crippen molar-refractivity contribution in [3.8, 4) is 0 Å². The summed E-state index contributed by atoms with van der Waals surface area (Å²) in [6.07, 6.45) is 9.12. The van der Waals surface area contributed by atoms with Crippen molar-refractivity contribution in [2.24, 2.45) is 11.8 Å². The van der Waals surface area contributed by atoms with Crippen LogP contribution in [0.2, 0.25) is 0 Å². The smallest absolute Gasteiger partial charge is 0.323 e. The third-order valence-electron chi connectivity index (χ3n) is 8.26. The summed E-state index contributed by atoms with van der Waals surface area (Å²) in [7, 11) is 0. The van der Waals surface area contributed by atoms with Gasteiger partial charge in [-0.05, 0) is 47.9 Å². The lowest BCUT2D eigenvalue weighted by Gasteiger charge is -2.31. The standard InChI is InChI=1S/C32H50N4O2/c1-6-10-15-24(8-3)22-33-30(34-23-25(9-4)16-11-7-2)36-29(37)32(5,35-31(36)38)21-27-19-14-18-26-17-12-13-20-28(26)27/h12-14,17-20,24-25,30,33-34H,6-11,15-16,21-23H2,1-5H3,(H,35,38). The van der Waals surface area contributed by atoms with E-state index in [4.69, 9.17) is 0 Å². The molecule has 6 heteroatoms. The van der Waals surface area contributed by atoms with E-state index in [9.17, 15) is 9.59 Å². The van der Waals surface area contributed by atoms with Gasteiger partial charge in [-0.2, -0.15) is 0 Å². The molecule has 38 heavy (non-hydrogen) atoms. The molecule has 3 amide bonds. The van der Waals surface area contributed by atoms with Gasteiger partial charge < -0.3 is 5.32 Å². The molecule has 6 nitrogen and oxygen atoms in total. The molecule has 1 fully saturated rings. The number of amides is 3. The SMILES string of the molecule is CCCCC(CC)CNC(NCC(CC)CCCC)N1C(=O)NC(C)(Cc2cccc3ccccc23)C1=O. The lowest BCUT2D eigenvalue weighted by atomic mass is 9.90. The molecular formula is C32H50N4O2. The van der Waals surface area contributed by atoms with E-state index in [0.29, 0.717) is 18.3 Å². The highest BCUT2D eigenvalue weighted by Crippen LogP contribution is 2.28. The Balaban J connectivity index is 1.80. The first-order chi connectivity index (χ1) is 18.4. The van der Waals surface area contributed by atoms with Crippen molar-refractivity contribution in [3.05, 3.63) is 48.0 Å². The number of fused-ring (bicyclic) bond motifs is 1. The molecular weight excluding hydrogens is 472 g/mol. The Labute approximate surface area is 230 Å². The number of unbranched alkanes of at least 4 members (excludes halogenated alkanes) is 2. The van der Waals surface area contributed by atoms with Gasteiger partial charge in [0.25, 0.3) is 5.91 Å². The summed E-state index contributed by atoms with van der Waals surface area (Å²) in [5.41, 5.74) is 0.0662. The molecule has 0 saturated carbocycles. The van der Waals surface area contributed by atoms with Crippen LogP contribution in [0.25, 0.3) is 10.8 Å². The van der Waals surface area contributed by atoms with Crippen LogP contribution in [0.3, 0.4) is 0 Å². The first kappa shape index (κ1) is 30.1. The van der Waals surface area contributed by atoms with Crippen LogP contribution < -0.4 is 16.0 Å². The highest BCUT2D eigenvalue weighted by Gasteiger charge is 2.50. The maximum atomic E-state index is 14.0. The van der Waals surface area contributed by atoms with Crippen molar-refractivity contribution in [2.45, 2.75) is 104 Å². The van der Waals surface area contributed by atoms with Crippen molar-refractivity contribution in [1.82, 2.24) is 20.9 Å². The van der Waals surface area contributed by atoms with Crippen LogP contribution in [0.5, 0.6) is 0 Å². The zero-order valence-electron chi connectivity index (χ0n) is 24.3. The fraction of sp³-hybridized carbons (Fsp3) is 0.625. The van der Waals surface area contributed by atoms with Crippen LogP contribution in [0, 0.1) is 11.8 Å². The van der Waals surface area contributed by atoms with Crippen molar-refractivity contribution in [1.29, 1.82) is 0 Å². The molecule has 1 heterocycles. The number of carbonyl (C=O) groups excluding carboxylic acids is 2. The van der Waals surface area contributed by atoms with E-state index in [-0.39, 0.29) is 11.9 Å². The van der Waals surface area contributed by atoms with Gasteiger partial charge >= 0.3 is 6.03 Å². The number of nitrogens with zero attached hydrogens (tertiary/aromatic N) is 1. The molecule has 2 aromatic carbocycles. The lowest BCUT2D eigenvalue weighted by molar-refractivity contribution is -0.133. The quantitative estimate of drug-likeness (QED) is 0.162. The Morgan fingerprint density at radius 3 is 2.00 bits per heavy atom. The van der Waals surface area contributed by atoms with Gasteiger partial charge in [0.15, 0.2) is 0 Å². The molecule has 1 aliphatic heterocycles. The van der Waals surface area contributed by atoms with Gasteiger partial charge in [-0.3, -0.25) is 15.4 Å².